The number of likely N-dealkylation sites (N-methyl/N-ethyl adjacent to an activating group) is 1. The van der Waals surface area contributed by atoms with Crippen LogP contribution in [0.1, 0.15) is 40.0 Å². The van der Waals surface area contributed by atoms with Gasteiger partial charge in [-0.25, -0.2) is 0 Å². The fraction of sp³-hybridized carbons (Fsp3) is 0.240. The third-order valence-corrected chi connectivity index (χ3v) is 5.36. The van der Waals surface area contributed by atoms with Crippen LogP contribution >= 0.6 is 0 Å². The number of anilines is 1. The van der Waals surface area contributed by atoms with Crippen molar-refractivity contribution in [2.24, 2.45) is 0 Å². The number of para-hydroxylation sites is 1. The fourth-order valence-corrected chi connectivity index (χ4v) is 3.42. The normalized spacial score (nSPS) is 11.6. The van der Waals surface area contributed by atoms with E-state index in [1.165, 1.54) is 4.90 Å². The van der Waals surface area contributed by atoms with Crippen LogP contribution in [0.2, 0.25) is 0 Å². The molecular formula is C25H27N3O3. The van der Waals surface area contributed by atoms with Crippen LogP contribution in [0.5, 0.6) is 0 Å². The van der Waals surface area contributed by atoms with Gasteiger partial charge in [0, 0.05) is 26.0 Å². The van der Waals surface area contributed by atoms with Crippen molar-refractivity contribution in [2.45, 2.75) is 26.3 Å². The Morgan fingerprint density at radius 3 is 2.32 bits per heavy atom. The molecule has 160 valence electrons. The molecule has 0 saturated heterocycles. The molecule has 0 fully saturated rings. The van der Waals surface area contributed by atoms with Gasteiger partial charge in [-0.15, -0.1) is 0 Å². The van der Waals surface area contributed by atoms with Gasteiger partial charge in [-0.1, -0.05) is 48.5 Å². The number of pyridine rings is 1. The highest BCUT2D eigenvalue weighted by Gasteiger charge is 2.20. The first-order valence-corrected chi connectivity index (χ1v) is 10.2. The van der Waals surface area contributed by atoms with E-state index in [2.05, 4.69) is 5.32 Å². The van der Waals surface area contributed by atoms with Gasteiger partial charge in [0.15, 0.2) is 0 Å². The van der Waals surface area contributed by atoms with Gasteiger partial charge in [-0.2, -0.15) is 0 Å². The molecule has 3 aromatic rings. The summed E-state index contributed by atoms with van der Waals surface area (Å²) in [5.74, 6) is -0.557. The van der Waals surface area contributed by atoms with Crippen LogP contribution < -0.4 is 10.9 Å². The van der Waals surface area contributed by atoms with E-state index in [1.807, 2.05) is 43.3 Å². The number of aryl methyl sites for hydroxylation is 1. The molecule has 0 aliphatic heterocycles. The highest BCUT2D eigenvalue weighted by atomic mass is 16.2. The highest BCUT2D eigenvalue weighted by Crippen LogP contribution is 2.19. The van der Waals surface area contributed by atoms with E-state index in [4.69, 9.17) is 0 Å². The molecule has 0 bridgehead atoms. The molecule has 1 N–H and O–H groups in total. The molecule has 6 heteroatoms. The van der Waals surface area contributed by atoms with Gasteiger partial charge in [-0.05, 0) is 42.7 Å². The first kappa shape index (κ1) is 22.0. The number of aromatic nitrogens is 1. The van der Waals surface area contributed by atoms with E-state index in [9.17, 15) is 14.4 Å². The summed E-state index contributed by atoms with van der Waals surface area (Å²) in [7, 11) is 3.38. The van der Waals surface area contributed by atoms with Crippen molar-refractivity contribution in [1.29, 1.82) is 0 Å². The number of hydrogen-bond acceptors (Lipinski definition) is 3. The van der Waals surface area contributed by atoms with Crippen LogP contribution in [0.4, 0.5) is 5.69 Å². The zero-order chi connectivity index (χ0) is 22.5. The summed E-state index contributed by atoms with van der Waals surface area (Å²) in [6, 6.07) is 18.4. The molecule has 6 nitrogen and oxygen atoms in total. The molecular weight excluding hydrogens is 390 g/mol. The lowest BCUT2D eigenvalue weighted by atomic mass is 10.1. The fourth-order valence-electron chi connectivity index (χ4n) is 3.42. The summed E-state index contributed by atoms with van der Waals surface area (Å²) in [4.78, 5) is 40.0. The van der Waals surface area contributed by atoms with Crippen LogP contribution in [0.25, 0.3) is 0 Å². The average molecular weight is 418 g/mol. The van der Waals surface area contributed by atoms with Crippen molar-refractivity contribution in [1.82, 2.24) is 9.47 Å². The number of nitrogens with one attached hydrogen (secondary N) is 1. The Labute approximate surface area is 182 Å². The van der Waals surface area contributed by atoms with Gasteiger partial charge in [-0.3, -0.25) is 14.4 Å². The predicted octanol–water partition coefficient (Wildman–Crippen LogP) is 3.65. The lowest BCUT2D eigenvalue weighted by Crippen LogP contribution is -2.32. The summed E-state index contributed by atoms with van der Waals surface area (Å²) in [6.07, 6.45) is 1.88. The molecule has 0 aliphatic rings. The lowest BCUT2D eigenvalue weighted by molar-refractivity contribution is -0.127. The Bertz CT molecular complexity index is 1150. The number of amides is 2. The van der Waals surface area contributed by atoms with E-state index in [0.717, 1.165) is 5.56 Å². The molecule has 0 radical (unpaired) electrons. The highest BCUT2D eigenvalue weighted by molar-refractivity contribution is 6.05. The maximum absolute atomic E-state index is 13.2. The molecule has 2 aromatic carbocycles. The summed E-state index contributed by atoms with van der Waals surface area (Å²) in [5, 5.41) is 2.84. The SMILES string of the molecule is Cc1ccn(C(C)c2ccccc2)c(=O)c1C(=O)Nc1ccccc1CC(=O)N(C)C. The number of rotatable bonds is 6. The van der Waals surface area contributed by atoms with Gasteiger partial charge >= 0.3 is 0 Å². The van der Waals surface area contributed by atoms with Crippen LogP contribution in [0.3, 0.4) is 0 Å². The number of carbonyl (C=O) groups is 2. The quantitative estimate of drug-likeness (QED) is 0.666. The minimum Gasteiger partial charge on any atom is -0.349 e. The molecule has 0 saturated carbocycles. The second-order valence-corrected chi connectivity index (χ2v) is 7.75. The van der Waals surface area contributed by atoms with Crippen LogP contribution in [-0.2, 0) is 11.2 Å². The Morgan fingerprint density at radius 2 is 1.65 bits per heavy atom. The Kier molecular flexibility index (Phi) is 6.70. The largest absolute Gasteiger partial charge is 0.349 e. The van der Waals surface area contributed by atoms with E-state index in [1.54, 1.807) is 56.0 Å². The van der Waals surface area contributed by atoms with Gasteiger partial charge < -0.3 is 14.8 Å². The van der Waals surface area contributed by atoms with Gasteiger partial charge in [0.1, 0.15) is 5.56 Å². The zero-order valence-corrected chi connectivity index (χ0v) is 18.3. The lowest BCUT2D eigenvalue weighted by Gasteiger charge is -2.18. The van der Waals surface area contributed by atoms with E-state index < -0.39 is 5.91 Å². The molecule has 1 atom stereocenters. The maximum Gasteiger partial charge on any atom is 0.264 e. The minimum absolute atomic E-state index is 0.0726. The maximum atomic E-state index is 13.2. The third-order valence-electron chi connectivity index (χ3n) is 5.36. The second-order valence-electron chi connectivity index (χ2n) is 7.75. The van der Waals surface area contributed by atoms with Gasteiger partial charge in [0.2, 0.25) is 5.91 Å². The molecule has 0 aliphatic carbocycles. The van der Waals surface area contributed by atoms with E-state index in [0.29, 0.717) is 16.8 Å². The monoisotopic (exact) mass is 417 g/mol. The number of carbonyl (C=O) groups excluding carboxylic acids is 2. The summed E-state index contributed by atoms with van der Waals surface area (Å²) < 4.78 is 1.57. The van der Waals surface area contributed by atoms with Crippen molar-refractivity contribution >= 4 is 17.5 Å². The Morgan fingerprint density at radius 1 is 1.00 bits per heavy atom. The molecule has 2 amide bonds. The van der Waals surface area contributed by atoms with Crippen molar-refractivity contribution in [3.8, 4) is 0 Å². The predicted molar refractivity (Wildman–Crippen MR) is 122 cm³/mol. The molecule has 0 spiro atoms. The second kappa shape index (κ2) is 9.43. The smallest absolute Gasteiger partial charge is 0.264 e. The number of hydrogen-bond donors (Lipinski definition) is 1. The van der Waals surface area contributed by atoms with Crippen molar-refractivity contribution < 1.29 is 9.59 Å². The average Bonchev–Trinajstić information content (AvgIpc) is 2.75. The Hall–Kier alpha value is -3.67. The Balaban J connectivity index is 1.93. The summed E-state index contributed by atoms with van der Waals surface area (Å²) in [5.41, 5.74) is 2.54. The number of nitrogens with zero attached hydrogens (tertiary/aromatic N) is 2. The van der Waals surface area contributed by atoms with Gasteiger partial charge in [0.05, 0.1) is 12.5 Å². The molecule has 1 heterocycles. The van der Waals surface area contributed by atoms with Crippen molar-refractivity contribution in [2.75, 3.05) is 19.4 Å². The zero-order valence-electron chi connectivity index (χ0n) is 18.3. The topological polar surface area (TPSA) is 71.4 Å². The van der Waals surface area contributed by atoms with Gasteiger partial charge in [0.25, 0.3) is 11.5 Å². The first-order chi connectivity index (χ1) is 14.8. The van der Waals surface area contributed by atoms with Crippen LogP contribution in [0.15, 0.2) is 71.7 Å². The number of benzene rings is 2. The van der Waals surface area contributed by atoms with Crippen molar-refractivity contribution in [3.05, 3.63) is 99.5 Å². The third kappa shape index (κ3) is 4.91. The minimum atomic E-state index is -0.484. The van der Waals surface area contributed by atoms with E-state index >= 15 is 0 Å². The summed E-state index contributed by atoms with van der Waals surface area (Å²) in [6.45, 7) is 3.67. The van der Waals surface area contributed by atoms with Crippen LogP contribution in [0, 0.1) is 6.92 Å². The molecule has 1 unspecified atom stereocenters. The van der Waals surface area contributed by atoms with Crippen molar-refractivity contribution in [3.63, 3.8) is 0 Å². The standard InChI is InChI=1S/C25H27N3O3/c1-17-14-15-28(18(2)19-10-6-5-7-11-19)25(31)23(17)24(30)26-21-13-9-8-12-20(21)16-22(29)27(3)4/h5-15,18H,16H2,1-4H3,(H,26,30). The van der Waals surface area contributed by atoms with E-state index in [-0.39, 0.29) is 29.5 Å². The molecule has 31 heavy (non-hydrogen) atoms. The molecule has 3 rings (SSSR count). The molecule has 1 aromatic heterocycles. The van der Waals surface area contributed by atoms with Crippen LogP contribution in [-0.4, -0.2) is 35.4 Å². The summed E-state index contributed by atoms with van der Waals surface area (Å²) >= 11 is 0. The first-order valence-electron chi connectivity index (χ1n) is 10.2.